The van der Waals surface area contributed by atoms with Gasteiger partial charge in [-0.05, 0) is 31.2 Å². The molecule has 0 aliphatic carbocycles. The fourth-order valence-corrected chi connectivity index (χ4v) is 1.99. The molecule has 2 aromatic rings. The van der Waals surface area contributed by atoms with Gasteiger partial charge in [0.1, 0.15) is 11.5 Å². The molecule has 0 saturated heterocycles. The Bertz CT molecular complexity index is 673. The van der Waals surface area contributed by atoms with Gasteiger partial charge in [-0.3, -0.25) is 0 Å². The molecule has 2 aromatic carbocycles. The molecule has 1 atom stereocenters. The number of anilines is 1. The molecule has 108 valence electrons. The normalized spacial score (nSPS) is 11.6. The zero-order chi connectivity index (χ0) is 15.4. The number of nitrogens with zero attached hydrogens (tertiary/aromatic N) is 2. The Morgan fingerprint density at radius 3 is 2.57 bits per heavy atom. The van der Waals surface area contributed by atoms with Crippen molar-refractivity contribution >= 4 is 5.69 Å². The molecular formula is C17H18N2O2. The fourth-order valence-electron chi connectivity index (χ4n) is 1.99. The summed E-state index contributed by atoms with van der Waals surface area (Å²) in [5.74, 6) is 1.16. The molecule has 0 aromatic heterocycles. The van der Waals surface area contributed by atoms with Gasteiger partial charge in [-0.15, -0.1) is 0 Å². The van der Waals surface area contributed by atoms with Crippen molar-refractivity contribution in [1.29, 1.82) is 5.26 Å². The van der Waals surface area contributed by atoms with E-state index in [0.717, 1.165) is 5.69 Å². The standard InChI is InChI=1S/C17H18N2O2/c1-12(20)16-8-7-13(11-18)9-17(16)21-15-6-4-5-14(10-15)19(2)3/h4-10,12,20H,1-3H3/t12-/m1/s1. The molecule has 4 nitrogen and oxygen atoms in total. The van der Waals surface area contributed by atoms with Gasteiger partial charge in [0.05, 0.1) is 17.7 Å². The van der Waals surface area contributed by atoms with Crippen LogP contribution < -0.4 is 9.64 Å². The highest BCUT2D eigenvalue weighted by atomic mass is 16.5. The van der Waals surface area contributed by atoms with Crippen molar-refractivity contribution in [3.05, 3.63) is 53.6 Å². The van der Waals surface area contributed by atoms with E-state index < -0.39 is 6.10 Å². The van der Waals surface area contributed by atoms with Crippen molar-refractivity contribution in [2.45, 2.75) is 13.0 Å². The molecule has 1 N–H and O–H groups in total. The van der Waals surface area contributed by atoms with Crippen molar-refractivity contribution in [3.63, 3.8) is 0 Å². The number of hydrogen-bond acceptors (Lipinski definition) is 4. The second-order valence-corrected chi connectivity index (χ2v) is 5.03. The van der Waals surface area contributed by atoms with Gasteiger partial charge in [0.2, 0.25) is 0 Å². The van der Waals surface area contributed by atoms with Crippen molar-refractivity contribution < 1.29 is 9.84 Å². The summed E-state index contributed by atoms with van der Waals surface area (Å²) in [5.41, 5.74) is 2.17. The monoisotopic (exact) mass is 282 g/mol. The fraction of sp³-hybridized carbons (Fsp3) is 0.235. The Labute approximate surface area is 124 Å². The SMILES string of the molecule is C[C@@H](O)c1ccc(C#N)cc1Oc1cccc(N(C)C)c1. The van der Waals surface area contributed by atoms with Gasteiger partial charge in [-0.2, -0.15) is 5.26 Å². The number of benzene rings is 2. The van der Waals surface area contributed by atoms with E-state index in [-0.39, 0.29) is 0 Å². The zero-order valence-electron chi connectivity index (χ0n) is 12.4. The van der Waals surface area contributed by atoms with Crippen molar-refractivity contribution in [2.24, 2.45) is 0 Å². The van der Waals surface area contributed by atoms with Crippen LogP contribution in [-0.2, 0) is 0 Å². The van der Waals surface area contributed by atoms with Crippen molar-refractivity contribution in [2.75, 3.05) is 19.0 Å². The lowest BCUT2D eigenvalue weighted by Gasteiger charge is -2.16. The second-order valence-electron chi connectivity index (χ2n) is 5.03. The predicted molar refractivity (Wildman–Crippen MR) is 82.6 cm³/mol. The predicted octanol–water partition coefficient (Wildman–Crippen LogP) is 3.47. The summed E-state index contributed by atoms with van der Waals surface area (Å²) in [7, 11) is 3.91. The first-order chi connectivity index (χ1) is 10.0. The van der Waals surface area contributed by atoms with Crippen LogP contribution in [0.15, 0.2) is 42.5 Å². The first-order valence-corrected chi connectivity index (χ1v) is 6.68. The number of rotatable bonds is 4. The van der Waals surface area contributed by atoms with Crippen LogP contribution in [0.3, 0.4) is 0 Å². The average molecular weight is 282 g/mol. The first-order valence-electron chi connectivity index (χ1n) is 6.68. The molecule has 0 unspecified atom stereocenters. The third-order valence-corrected chi connectivity index (χ3v) is 3.15. The molecule has 2 rings (SSSR count). The van der Waals surface area contributed by atoms with Crippen molar-refractivity contribution in [1.82, 2.24) is 0 Å². The highest BCUT2D eigenvalue weighted by molar-refractivity contribution is 5.51. The summed E-state index contributed by atoms with van der Waals surface area (Å²) in [4.78, 5) is 1.98. The van der Waals surface area contributed by atoms with Crippen molar-refractivity contribution in [3.8, 4) is 17.6 Å². The summed E-state index contributed by atoms with van der Waals surface area (Å²) in [5, 5.41) is 18.8. The van der Waals surface area contributed by atoms with Gasteiger partial charge in [0.15, 0.2) is 0 Å². The van der Waals surface area contributed by atoms with E-state index in [1.807, 2.05) is 43.3 Å². The molecule has 0 aliphatic rings. The van der Waals surface area contributed by atoms with Crippen LogP contribution in [-0.4, -0.2) is 19.2 Å². The third kappa shape index (κ3) is 3.53. The Morgan fingerprint density at radius 2 is 1.95 bits per heavy atom. The smallest absolute Gasteiger partial charge is 0.134 e. The Morgan fingerprint density at radius 1 is 1.19 bits per heavy atom. The minimum atomic E-state index is -0.662. The van der Waals surface area contributed by atoms with E-state index in [9.17, 15) is 5.11 Å². The number of nitriles is 1. The molecule has 0 spiro atoms. The van der Waals surface area contributed by atoms with E-state index in [1.165, 1.54) is 0 Å². The Balaban J connectivity index is 2.38. The van der Waals surface area contributed by atoms with Crippen LogP contribution in [0.5, 0.6) is 11.5 Å². The van der Waals surface area contributed by atoms with Crippen LogP contribution in [0.1, 0.15) is 24.2 Å². The van der Waals surface area contributed by atoms with Gasteiger partial charge in [-0.1, -0.05) is 12.1 Å². The van der Waals surface area contributed by atoms with Gasteiger partial charge >= 0.3 is 0 Å². The Hall–Kier alpha value is -2.51. The molecule has 0 saturated carbocycles. The summed E-state index contributed by atoms with van der Waals surface area (Å²) in [6.07, 6.45) is -0.662. The molecule has 0 bridgehead atoms. The average Bonchev–Trinajstić information content (AvgIpc) is 2.47. The van der Waals surface area contributed by atoms with E-state index in [2.05, 4.69) is 6.07 Å². The lowest BCUT2D eigenvalue weighted by atomic mass is 10.1. The largest absolute Gasteiger partial charge is 0.457 e. The van der Waals surface area contributed by atoms with Gasteiger partial charge < -0.3 is 14.7 Å². The summed E-state index contributed by atoms with van der Waals surface area (Å²) in [6.45, 7) is 1.67. The third-order valence-electron chi connectivity index (χ3n) is 3.15. The van der Waals surface area contributed by atoms with E-state index in [0.29, 0.717) is 22.6 Å². The maximum atomic E-state index is 9.82. The summed E-state index contributed by atoms with van der Waals surface area (Å²) in [6, 6.07) is 14.7. The molecular weight excluding hydrogens is 264 g/mol. The molecule has 0 heterocycles. The summed E-state index contributed by atoms with van der Waals surface area (Å²) < 4.78 is 5.87. The molecule has 0 amide bonds. The topological polar surface area (TPSA) is 56.5 Å². The Kier molecular flexibility index (Phi) is 4.46. The van der Waals surface area contributed by atoms with E-state index in [4.69, 9.17) is 10.00 Å². The van der Waals surface area contributed by atoms with Gasteiger partial charge in [0.25, 0.3) is 0 Å². The van der Waals surface area contributed by atoms with E-state index >= 15 is 0 Å². The maximum Gasteiger partial charge on any atom is 0.134 e. The van der Waals surface area contributed by atoms with Crippen LogP contribution in [0.2, 0.25) is 0 Å². The molecule has 0 fully saturated rings. The minimum absolute atomic E-state index is 0.498. The number of aliphatic hydroxyl groups is 1. The maximum absolute atomic E-state index is 9.82. The summed E-state index contributed by atoms with van der Waals surface area (Å²) >= 11 is 0. The second kappa shape index (κ2) is 6.29. The molecule has 0 aliphatic heterocycles. The van der Waals surface area contributed by atoms with E-state index in [1.54, 1.807) is 25.1 Å². The lowest BCUT2D eigenvalue weighted by Crippen LogP contribution is -2.08. The zero-order valence-corrected chi connectivity index (χ0v) is 12.4. The molecule has 0 radical (unpaired) electrons. The van der Waals surface area contributed by atoms with Crippen LogP contribution in [0, 0.1) is 11.3 Å². The number of aliphatic hydroxyl groups excluding tert-OH is 1. The number of hydrogen-bond donors (Lipinski definition) is 1. The molecule has 21 heavy (non-hydrogen) atoms. The molecule has 4 heteroatoms. The van der Waals surface area contributed by atoms with Crippen LogP contribution >= 0.6 is 0 Å². The van der Waals surface area contributed by atoms with Gasteiger partial charge in [0, 0.05) is 31.4 Å². The first kappa shape index (κ1) is 14.9. The minimum Gasteiger partial charge on any atom is -0.457 e. The van der Waals surface area contributed by atoms with Crippen LogP contribution in [0.25, 0.3) is 0 Å². The quantitative estimate of drug-likeness (QED) is 0.933. The highest BCUT2D eigenvalue weighted by Gasteiger charge is 2.11. The van der Waals surface area contributed by atoms with Gasteiger partial charge in [-0.25, -0.2) is 0 Å². The van der Waals surface area contributed by atoms with Crippen LogP contribution in [0.4, 0.5) is 5.69 Å². The number of ether oxygens (including phenoxy) is 1. The highest BCUT2D eigenvalue weighted by Crippen LogP contribution is 2.32. The lowest BCUT2D eigenvalue weighted by molar-refractivity contribution is 0.195.